The van der Waals surface area contributed by atoms with Crippen LogP contribution in [0.4, 0.5) is 0 Å². The molecule has 0 aliphatic carbocycles. The molecule has 0 radical (unpaired) electrons. The lowest BCUT2D eigenvalue weighted by atomic mass is 10.0. The molecular weight excluding hydrogens is 631 g/mol. The van der Waals surface area contributed by atoms with E-state index in [-0.39, 0.29) is 18.9 Å². The normalized spacial score (nSPS) is 13.9. The minimum absolute atomic E-state index is 0.00505. The number of aliphatic hydroxyl groups excluding tert-OH is 3. The molecule has 3 atom stereocenters. The van der Waals surface area contributed by atoms with E-state index in [9.17, 15) is 20.1 Å². The number of hydrogen-bond donors (Lipinski definition) is 4. The maximum atomic E-state index is 12.4. The Kier molecular flexibility index (Phi) is 40.2. The van der Waals surface area contributed by atoms with Crippen molar-refractivity contribution in [3.63, 3.8) is 0 Å². The summed E-state index contributed by atoms with van der Waals surface area (Å²) in [5.74, 6) is -0.328. The number of amides is 1. The molecule has 0 rings (SSSR count). The van der Waals surface area contributed by atoms with Crippen LogP contribution in [0, 0.1) is 0 Å². The summed E-state index contributed by atoms with van der Waals surface area (Å²) in [7, 11) is 0. The number of carbonyl (C=O) groups is 1. The van der Waals surface area contributed by atoms with Gasteiger partial charge >= 0.3 is 0 Å². The number of rotatable bonds is 40. The summed E-state index contributed by atoms with van der Waals surface area (Å²) in [5.41, 5.74) is 0. The highest BCUT2D eigenvalue weighted by Gasteiger charge is 2.20. The van der Waals surface area contributed by atoms with Gasteiger partial charge in [0.15, 0.2) is 0 Å². The second-order valence-corrected chi connectivity index (χ2v) is 15.3. The Bertz CT molecular complexity index is 794. The molecule has 0 aliphatic rings. The number of aliphatic hydroxyl groups is 3. The molecule has 4 N–H and O–H groups in total. The summed E-state index contributed by atoms with van der Waals surface area (Å²) < 4.78 is 0. The molecule has 0 saturated heterocycles. The van der Waals surface area contributed by atoms with Gasteiger partial charge in [-0.25, -0.2) is 0 Å². The van der Waals surface area contributed by atoms with Gasteiger partial charge < -0.3 is 20.6 Å². The van der Waals surface area contributed by atoms with E-state index in [0.29, 0.717) is 6.42 Å². The van der Waals surface area contributed by atoms with Gasteiger partial charge in [-0.1, -0.05) is 211 Å². The Morgan fingerprint density at radius 1 is 0.490 bits per heavy atom. The molecule has 0 aliphatic heterocycles. The Labute approximate surface area is 317 Å². The predicted octanol–water partition coefficient (Wildman–Crippen LogP) is 12.8. The second kappa shape index (κ2) is 41.3. The first-order valence-electron chi connectivity index (χ1n) is 22.3. The largest absolute Gasteiger partial charge is 0.394 e. The van der Waals surface area contributed by atoms with Crippen molar-refractivity contribution in [1.82, 2.24) is 5.32 Å². The zero-order valence-electron chi connectivity index (χ0n) is 34.0. The van der Waals surface area contributed by atoms with Crippen molar-refractivity contribution in [3.8, 4) is 0 Å². The third kappa shape index (κ3) is 38.1. The number of carbonyl (C=O) groups excluding carboxylic acids is 1. The molecular formula is C46H87NO4. The van der Waals surface area contributed by atoms with Crippen LogP contribution in [0.3, 0.4) is 0 Å². The minimum Gasteiger partial charge on any atom is -0.394 e. The number of hydrogen-bond acceptors (Lipinski definition) is 4. The molecule has 300 valence electrons. The van der Waals surface area contributed by atoms with Crippen LogP contribution < -0.4 is 5.32 Å². The molecule has 1 amide bonds. The van der Waals surface area contributed by atoms with E-state index in [1.807, 2.05) is 6.08 Å². The standard InChI is InChI=1S/C46H87NO4/c1-3-5-7-9-11-13-15-17-19-21-22-23-24-25-27-29-31-33-35-37-39-43(49)41-46(51)47-44(42-48)45(50)40-38-36-34-32-30-28-26-20-18-16-14-12-10-8-6-4-2/h18,20,30,32,38,40,43-45,48-50H,3-17,19,21-29,31,33-37,39,41-42H2,1-2H3,(H,47,51)/b20-18+,32-30+,40-38+. The lowest BCUT2D eigenvalue weighted by molar-refractivity contribution is -0.124. The van der Waals surface area contributed by atoms with Crippen molar-refractivity contribution in [2.24, 2.45) is 0 Å². The molecule has 0 heterocycles. The maximum absolute atomic E-state index is 12.4. The lowest BCUT2D eigenvalue weighted by Gasteiger charge is -2.21. The van der Waals surface area contributed by atoms with Crippen LogP contribution in [0.1, 0.15) is 226 Å². The van der Waals surface area contributed by atoms with Crippen LogP contribution in [-0.4, -0.2) is 46.1 Å². The topological polar surface area (TPSA) is 89.8 Å². The van der Waals surface area contributed by atoms with Crippen molar-refractivity contribution in [2.75, 3.05) is 6.61 Å². The van der Waals surface area contributed by atoms with Crippen LogP contribution in [0.5, 0.6) is 0 Å². The van der Waals surface area contributed by atoms with E-state index >= 15 is 0 Å². The fourth-order valence-corrected chi connectivity index (χ4v) is 6.72. The summed E-state index contributed by atoms with van der Waals surface area (Å²) in [6.45, 7) is 4.19. The van der Waals surface area contributed by atoms with Gasteiger partial charge in [-0.3, -0.25) is 4.79 Å². The summed E-state index contributed by atoms with van der Waals surface area (Å²) in [4.78, 5) is 12.4. The van der Waals surface area contributed by atoms with Crippen LogP contribution in [0.2, 0.25) is 0 Å². The molecule has 0 saturated carbocycles. The third-order valence-electron chi connectivity index (χ3n) is 10.2. The molecule has 0 aromatic heterocycles. The Hall–Kier alpha value is -1.43. The molecule has 5 heteroatoms. The van der Waals surface area contributed by atoms with Crippen LogP contribution in [0.25, 0.3) is 0 Å². The van der Waals surface area contributed by atoms with E-state index in [0.717, 1.165) is 38.5 Å². The van der Waals surface area contributed by atoms with Gasteiger partial charge in [-0.2, -0.15) is 0 Å². The quantitative estimate of drug-likeness (QED) is 0.0375. The molecule has 0 bridgehead atoms. The molecule has 0 spiro atoms. The second-order valence-electron chi connectivity index (χ2n) is 15.3. The minimum atomic E-state index is -0.957. The van der Waals surface area contributed by atoms with Crippen molar-refractivity contribution < 1.29 is 20.1 Å². The first-order valence-corrected chi connectivity index (χ1v) is 22.3. The van der Waals surface area contributed by atoms with Gasteiger partial charge in [0.05, 0.1) is 31.3 Å². The fraction of sp³-hybridized carbons (Fsp3) is 0.848. The van der Waals surface area contributed by atoms with E-state index in [1.54, 1.807) is 6.08 Å². The van der Waals surface area contributed by atoms with Gasteiger partial charge in [-0.05, 0) is 44.9 Å². The number of allylic oxidation sites excluding steroid dienone is 5. The zero-order valence-corrected chi connectivity index (χ0v) is 34.0. The van der Waals surface area contributed by atoms with E-state index in [1.165, 1.54) is 161 Å². The van der Waals surface area contributed by atoms with Gasteiger partial charge in [0.2, 0.25) is 5.91 Å². The van der Waals surface area contributed by atoms with E-state index in [4.69, 9.17) is 0 Å². The zero-order chi connectivity index (χ0) is 37.3. The highest BCUT2D eigenvalue weighted by Crippen LogP contribution is 2.16. The van der Waals surface area contributed by atoms with Crippen LogP contribution in [-0.2, 0) is 4.79 Å². The van der Waals surface area contributed by atoms with Crippen molar-refractivity contribution in [2.45, 2.75) is 244 Å². The lowest BCUT2D eigenvalue weighted by Crippen LogP contribution is -2.45. The summed E-state index contributed by atoms with van der Waals surface area (Å²) in [5, 5.41) is 33.2. The van der Waals surface area contributed by atoms with Gasteiger partial charge in [0.1, 0.15) is 0 Å². The van der Waals surface area contributed by atoms with E-state index in [2.05, 4.69) is 43.5 Å². The SMILES string of the molecule is CCCCCCCC/C=C/CC/C=C/CC/C=C/C(O)C(CO)NC(=O)CC(O)CCCCCCCCCCCCCCCCCCCCCC. The van der Waals surface area contributed by atoms with Crippen LogP contribution in [0.15, 0.2) is 36.5 Å². The molecule has 5 nitrogen and oxygen atoms in total. The summed E-state index contributed by atoms with van der Waals surface area (Å²) >= 11 is 0. The summed E-state index contributed by atoms with van der Waals surface area (Å²) in [6, 6.07) is -0.765. The monoisotopic (exact) mass is 718 g/mol. The smallest absolute Gasteiger partial charge is 0.222 e. The molecule has 0 aromatic rings. The predicted molar refractivity (Wildman–Crippen MR) is 222 cm³/mol. The summed E-state index contributed by atoms with van der Waals surface area (Å²) in [6.07, 6.45) is 51.4. The highest BCUT2D eigenvalue weighted by atomic mass is 16.3. The third-order valence-corrected chi connectivity index (χ3v) is 10.2. The fourth-order valence-electron chi connectivity index (χ4n) is 6.72. The average Bonchev–Trinajstić information content (AvgIpc) is 3.12. The molecule has 51 heavy (non-hydrogen) atoms. The first-order chi connectivity index (χ1) is 25.0. The van der Waals surface area contributed by atoms with Crippen molar-refractivity contribution in [1.29, 1.82) is 0 Å². The van der Waals surface area contributed by atoms with Gasteiger partial charge in [-0.15, -0.1) is 0 Å². The molecule has 0 aromatic carbocycles. The van der Waals surface area contributed by atoms with Gasteiger partial charge in [0.25, 0.3) is 0 Å². The number of nitrogens with one attached hydrogen (secondary N) is 1. The van der Waals surface area contributed by atoms with Crippen molar-refractivity contribution >= 4 is 5.91 Å². The highest BCUT2D eigenvalue weighted by molar-refractivity contribution is 5.76. The Morgan fingerprint density at radius 3 is 1.25 bits per heavy atom. The Morgan fingerprint density at radius 2 is 0.843 bits per heavy atom. The van der Waals surface area contributed by atoms with Crippen molar-refractivity contribution in [3.05, 3.63) is 36.5 Å². The first kappa shape index (κ1) is 49.6. The molecule has 0 fully saturated rings. The average molecular weight is 718 g/mol. The maximum Gasteiger partial charge on any atom is 0.222 e. The van der Waals surface area contributed by atoms with Crippen LogP contribution >= 0.6 is 0 Å². The Balaban J connectivity index is 3.69. The van der Waals surface area contributed by atoms with Gasteiger partial charge in [0, 0.05) is 0 Å². The van der Waals surface area contributed by atoms with E-state index < -0.39 is 18.2 Å². The number of unbranched alkanes of at least 4 members (excludes halogenated alkanes) is 27. The molecule has 3 unspecified atom stereocenters.